The second-order valence-electron chi connectivity index (χ2n) is 5.58. The Morgan fingerprint density at radius 3 is 2.61 bits per heavy atom. The van der Waals surface area contributed by atoms with Gasteiger partial charge in [0.1, 0.15) is 5.69 Å². The van der Waals surface area contributed by atoms with E-state index in [9.17, 15) is 4.79 Å². The molecule has 1 aromatic rings. The molecular formula is C14H23N3O. The Morgan fingerprint density at radius 1 is 1.33 bits per heavy atom. The average Bonchev–Trinajstić information content (AvgIpc) is 2.63. The number of aromatic nitrogens is 2. The molecule has 1 fully saturated rings. The van der Waals surface area contributed by atoms with Gasteiger partial charge in [-0.1, -0.05) is 26.7 Å². The van der Waals surface area contributed by atoms with E-state index in [0.717, 1.165) is 38.0 Å². The van der Waals surface area contributed by atoms with Gasteiger partial charge in [-0.2, -0.15) is 5.10 Å². The molecule has 0 spiro atoms. The highest BCUT2D eigenvalue weighted by molar-refractivity contribution is 5.92. The smallest absolute Gasteiger partial charge is 0.274 e. The molecule has 100 valence electrons. The summed E-state index contributed by atoms with van der Waals surface area (Å²) >= 11 is 0. The number of hydrogen-bond donors (Lipinski definition) is 1. The summed E-state index contributed by atoms with van der Waals surface area (Å²) in [5.41, 5.74) is 1.63. The van der Waals surface area contributed by atoms with Crippen molar-refractivity contribution in [2.24, 2.45) is 5.92 Å². The van der Waals surface area contributed by atoms with Crippen molar-refractivity contribution in [3.63, 3.8) is 0 Å². The van der Waals surface area contributed by atoms with E-state index < -0.39 is 0 Å². The van der Waals surface area contributed by atoms with Crippen molar-refractivity contribution < 1.29 is 4.79 Å². The van der Waals surface area contributed by atoms with Crippen molar-refractivity contribution >= 4 is 5.91 Å². The molecule has 1 aliphatic heterocycles. The Bertz CT molecular complexity index is 389. The maximum Gasteiger partial charge on any atom is 0.274 e. The third kappa shape index (κ3) is 3.34. The van der Waals surface area contributed by atoms with Crippen molar-refractivity contribution in [2.75, 3.05) is 13.1 Å². The zero-order chi connectivity index (χ0) is 13.0. The largest absolute Gasteiger partial charge is 0.337 e. The maximum atomic E-state index is 12.3. The van der Waals surface area contributed by atoms with Crippen LogP contribution in [-0.2, 0) is 6.42 Å². The highest BCUT2D eigenvalue weighted by atomic mass is 16.2. The number of likely N-dealkylation sites (tertiary alicyclic amines) is 1. The minimum atomic E-state index is 0.0863. The maximum absolute atomic E-state index is 12.3. The first-order valence-electron chi connectivity index (χ1n) is 7.00. The van der Waals surface area contributed by atoms with Gasteiger partial charge >= 0.3 is 0 Å². The fourth-order valence-electron chi connectivity index (χ4n) is 2.45. The van der Waals surface area contributed by atoms with Crippen LogP contribution in [-0.4, -0.2) is 34.1 Å². The molecule has 1 amide bonds. The zero-order valence-corrected chi connectivity index (χ0v) is 11.4. The van der Waals surface area contributed by atoms with Crippen molar-refractivity contribution in [3.05, 3.63) is 17.5 Å². The fraction of sp³-hybridized carbons (Fsp3) is 0.714. The van der Waals surface area contributed by atoms with Gasteiger partial charge in [-0.05, 0) is 31.2 Å². The quantitative estimate of drug-likeness (QED) is 0.895. The van der Waals surface area contributed by atoms with Gasteiger partial charge in [0, 0.05) is 18.8 Å². The fourth-order valence-corrected chi connectivity index (χ4v) is 2.45. The Balaban J connectivity index is 2.01. The molecule has 0 bridgehead atoms. The molecule has 0 aromatic carbocycles. The monoisotopic (exact) mass is 249 g/mol. The SMILES string of the molecule is CC(C)Cc1cc(C(=O)N2CCCCCC2)n[nH]1. The molecule has 0 radical (unpaired) electrons. The van der Waals surface area contributed by atoms with Crippen LogP contribution in [0.5, 0.6) is 0 Å². The van der Waals surface area contributed by atoms with Crippen LogP contribution in [0.15, 0.2) is 6.07 Å². The molecule has 0 aliphatic carbocycles. The van der Waals surface area contributed by atoms with Crippen molar-refractivity contribution in [3.8, 4) is 0 Å². The molecule has 18 heavy (non-hydrogen) atoms. The van der Waals surface area contributed by atoms with E-state index in [0.29, 0.717) is 11.6 Å². The number of carbonyl (C=O) groups excluding carboxylic acids is 1. The number of nitrogens with zero attached hydrogens (tertiary/aromatic N) is 2. The van der Waals surface area contributed by atoms with E-state index >= 15 is 0 Å². The Hall–Kier alpha value is -1.32. The van der Waals surface area contributed by atoms with Crippen LogP contribution in [0, 0.1) is 5.92 Å². The first kappa shape index (κ1) is 13.1. The van der Waals surface area contributed by atoms with E-state index in [2.05, 4.69) is 24.0 Å². The van der Waals surface area contributed by atoms with Gasteiger partial charge in [0.15, 0.2) is 0 Å². The first-order valence-corrected chi connectivity index (χ1v) is 7.00. The predicted octanol–water partition coefficient (Wildman–Crippen LogP) is 2.62. The van der Waals surface area contributed by atoms with Crippen LogP contribution in [0.3, 0.4) is 0 Å². The Labute approximate surface area is 109 Å². The molecule has 0 saturated carbocycles. The molecule has 1 N–H and O–H groups in total. The van der Waals surface area contributed by atoms with Gasteiger partial charge < -0.3 is 4.90 Å². The first-order chi connectivity index (χ1) is 8.66. The van der Waals surface area contributed by atoms with Gasteiger partial charge in [0.2, 0.25) is 0 Å². The topological polar surface area (TPSA) is 49.0 Å². The second-order valence-corrected chi connectivity index (χ2v) is 5.58. The minimum absolute atomic E-state index is 0.0863. The second kappa shape index (κ2) is 6.03. The third-order valence-corrected chi connectivity index (χ3v) is 3.37. The number of amides is 1. The van der Waals surface area contributed by atoms with Gasteiger partial charge in [-0.15, -0.1) is 0 Å². The average molecular weight is 249 g/mol. The summed E-state index contributed by atoms with van der Waals surface area (Å²) in [5, 5.41) is 7.13. The molecule has 4 heteroatoms. The van der Waals surface area contributed by atoms with Crippen LogP contribution in [0.1, 0.15) is 55.7 Å². The third-order valence-electron chi connectivity index (χ3n) is 3.37. The molecule has 4 nitrogen and oxygen atoms in total. The number of aromatic amines is 1. The highest BCUT2D eigenvalue weighted by Crippen LogP contribution is 2.13. The van der Waals surface area contributed by atoms with Crippen LogP contribution in [0.4, 0.5) is 0 Å². The summed E-state index contributed by atoms with van der Waals surface area (Å²) in [7, 11) is 0. The molecule has 2 heterocycles. The normalized spacial score (nSPS) is 16.9. The van der Waals surface area contributed by atoms with Crippen molar-refractivity contribution in [2.45, 2.75) is 46.0 Å². The van der Waals surface area contributed by atoms with E-state index in [1.54, 1.807) is 0 Å². The number of nitrogens with one attached hydrogen (secondary N) is 1. The molecule has 0 atom stereocenters. The lowest BCUT2D eigenvalue weighted by Gasteiger charge is -2.18. The van der Waals surface area contributed by atoms with Crippen LogP contribution in [0.25, 0.3) is 0 Å². The van der Waals surface area contributed by atoms with Crippen LogP contribution < -0.4 is 0 Å². The number of H-pyrrole nitrogens is 1. The summed E-state index contributed by atoms with van der Waals surface area (Å²) in [6, 6.07) is 1.91. The van der Waals surface area contributed by atoms with Crippen LogP contribution in [0.2, 0.25) is 0 Å². The summed E-state index contributed by atoms with van der Waals surface area (Å²) in [6.07, 6.45) is 5.66. The highest BCUT2D eigenvalue weighted by Gasteiger charge is 2.19. The Morgan fingerprint density at radius 2 is 2.00 bits per heavy atom. The van der Waals surface area contributed by atoms with Gasteiger partial charge in [0.25, 0.3) is 5.91 Å². The lowest BCUT2D eigenvalue weighted by atomic mass is 10.1. The Kier molecular flexibility index (Phi) is 4.39. The van der Waals surface area contributed by atoms with E-state index in [1.165, 1.54) is 12.8 Å². The summed E-state index contributed by atoms with van der Waals surface area (Å²) < 4.78 is 0. The summed E-state index contributed by atoms with van der Waals surface area (Å²) in [4.78, 5) is 14.2. The van der Waals surface area contributed by atoms with Gasteiger partial charge in [0.05, 0.1) is 0 Å². The lowest BCUT2D eigenvalue weighted by Crippen LogP contribution is -2.32. The van der Waals surface area contributed by atoms with Crippen LogP contribution >= 0.6 is 0 Å². The minimum Gasteiger partial charge on any atom is -0.337 e. The molecular weight excluding hydrogens is 226 g/mol. The number of hydrogen-bond acceptors (Lipinski definition) is 2. The summed E-state index contributed by atoms with van der Waals surface area (Å²) in [6.45, 7) is 6.09. The summed E-state index contributed by atoms with van der Waals surface area (Å²) in [5.74, 6) is 0.662. The van der Waals surface area contributed by atoms with Gasteiger partial charge in [-0.25, -0.2) is 0 Å². The van der Waals surface area contributed by atoms with E-state index in [4.69, 9.17) is 0 Å². The molecule has 1 saturated heterocycles. The standard InChI is InChI=1S/C14H23N3O/c1-11(2)9-12-10-13(16-15-12)14(18)17-7-5-3-4-6-8-17/h10-11H,3-9H2,1-2H3,(H,15,16). The molecule has 0 unspecified atom stereocenters. The van der Waals surface area contributed by atoms with Gasteiger partial charge in [-0.3, -0.25) is 9.89 Å². The molecule has 1 aliphatic rings. The zero-order valence-electron chi connectivity index (χ0n) is 11.4. The molecule has 2 rings (SSSR count). The van der Waals surface area contributed by atoms with E-state index in [-0.39, 0.29) is 5.91 Å². The van der Waals surface area contributed by atoms with Crippen molar-refractivity contribution in [1.29, 1.82) is 0 Å². The molecule has 1 aromatic heterocycles. The number of rotatable bonds is 3. The predicted molar refractivity (Wildman–Crippen MR) is 71.5 cm³/mol. The van der Waals surface area contributed by atoms with E-state index in [1.807, 2.05) is 11.0 Å². The van der Waals surface area contributed by atoms with Crippen molar-refractivity contribution in [1.82, 2.24) is 15.1 Å². The number of carbonyl (C=O) groups is 1. The lowest BCUT2D eigenvalue weighted by molar-refractivity contribution is 0.0755.